The van der Waals surface area contributed by atoms with Gasteiger partial charge < -0.3 is 15.1 Å². The lowest BCUT2D eigenvalue weighted by molar-refractivity contribution is -0.137. The summed E-state index contributed by atoms with van der Waals surface area (Å²) in [6.45, 7) is 0.226. The molecule has 1 unspecified atom stereocenters. The molecule has 3 rings (SSSR count). The number of carbonyl (C=O) groups is 3. The Hall–Kier alpha value is -3.74. The fourth-order valence-electron chi connectivity index (χ4n) is 3.69. The van der Waals surface area contributed by atoms with E-state index in [9.17, 15) is 23.9 Å². The molecule has 2 aromatic carbocycles. The van der Waals surface area contributed by atoms with Crippen molar-refractivity contribution < 1.29 is 29.0 Å². The van der Waals surface area contributed by atoms with Crippen LogP contribution in [0.3, 0.4) is 0 Å². The number of ketones is 1. The standard InChI is InChI=1S/C25H24FNO5/c26-19-13-11-18(12-14-19)23-22(20(28)15-10-17-7-3-1-4-8-17)24(31)25(32)27(23)16-6-2-5-9-21(29)30/h1,3-4,7-8,10-15,23,31H,2,5-6,9,16H2,(H,29,30)/b15-10+. The first-order chi connectivity index (χ1) is 15.4. The number of aliphatic hydroxyl groups is 1. The van der Waals surface area contributed by atoms with Gasteiger partial charge in [0.2, 0.25) is 0 Å². The second-order valence-electron chi connectivity index (χ2n) is 7.53. The SMILES string of the molecule is O=C(O)CCCCCN1C(=O)C(O)=C(C(=O)/C=C/c2ccccc2)C1c1ccc(F)cc1. The van der Waals surface area contributed by atoms with Crippen molar-refractivity contribution in [1.82, 2.24) is 4.90 Å². The summed E-state index contributed by atoms with van der Waals surface area (Å²) < 4.78 is 13.5. The highest BCUT2D eigenvalue weighted by Crippen LogP contribution is 2.38. The van der Waals surface area contributed by atoms with Crippen molar-refractivity contribution >= 4 is 23.7 Å². The molecule has 0 bridgehead atoms. The molecular weight excluding hydrogens is 413 g/mol. The zero-order valence-electron chi connectivity index (χ0n) is 17.4. The molecular formula is C25H24FNO5. The second kappa shape index (κ2) is 10.5. The van der Waals surface area contributed by atoms with Crippen LogP contribution in [0.15, 0.2) is 72.0 Å². The van der Waals surface area contributed by atoms with Crippen LogP contribution in [-0.4, -0.2) is 39.3 Å². The zero-order chi connectivity index (χ0) is 23.1. The van der Waals surface area contributed by atoms with Crippen LogP contribution in [0.1, 0.15) is 42.9 Å². The Labute approximate surface area is 185 Å². The van der Waals surface area contributed by atoms with Crippen molar-refractivity contribution in [2.45, 2.75) is 31.7 Å². The minimum absolute atomic E-state index is 0.0346. The Morgan fingerprint density at radius 1 is 1.00 bits per heavy atom. The predicted octanol–water partition coefficient (Wildman–Crippen LogP) is 4.45. The Morgan fingerprint density at radius 2 is 1.69 bits per heavy atom. The summed E-state index contributed by atoms with van der Waals surface area (Å²) in [5.74, 6) is -3.14. The normalized spacial score (nSPS) is 16.2. The Bertz CT molecular complexity index is 1040. The summed E-state index contributed by atoms with van der Waals surface area (Å²) in [5, 5.41) is 19.3. The van der Waals surface area contributed by atoms with E-state index >= 15 is 0 Å². The molecule has 0 radical (unpaired) electrons. The molecule has 1 aliphatic rings. The largest absolute Gasteiger partial charge is 0.503 e. The number of carboxylic acid groups (broad SMARTS) is 1. The molecule has 1 amide bonds. The number of hydrogen-bond acceptors (Lipinski definition) is 4. The number of aliphatic hydroxyl groups excluding tert-OH is 1. The Morgan fingerprint density at radius 3 is 2.34 bits per heavy atom. The van der Waals surface area contributed by atoms with Gasteiger partial charge >= 0.3 is 5.97 Å². The van der Waals surface area contributed by atoms with Crippen LogP contribution in [0.5, 0.6) is 0 Å². The Balaban J connectivity index is 1.85. The van der Waals surface area contributed by atoms with Crippen LogP contribution >= 0.6 is 0 Å². The molecule has 6 nitrogen and oxygen atoms in total. The number of nitrogens with zero attached hydrogens (tertiary/aromatic N) is 1. The van der Waals surface area contributed by atoms with Crippen LogP contribution in [-0.2, 0) is 14.4 Å². The van der Waals surface area contributed by atoms with Crippen LogP contribution in [0.4, 0.5) is 4.39 Å². The summed E-state index contributed by atoms with van der Waals surface area (Å²) in [7, 11) is 0. The smallest absolute Gasteiger partial charge is 0.303 e. The summed E-state index contributed by atoms with van der Waals surface area (Å²) in [6, 6.07) is 13.7. The van der Waals surface area contributed by atoms with E-state index in [1.807, 2.05) is 30.3 Å². The van der Waals surface area contributed by atoms with Gasteiger partial charge in [-0.3, -0.25) is 14.4 Å². The number of unbranched alkanes of at least 4 members (excludes halogenated alkanes) is 2. The highest BCUT2D eigenvalue weighted by atomic mass is 19.1. The number of hydrogen-bond donors (Lipinski definition) is 2. The maximum atomic E-state index is 13.5. The van der Waals surface area contributed by atoms with Gasteiger partial charge in [-0.05, 0) is 42.2 Å². The first-order valence-corrected chi connectivity index (χ1v) is 10.4. The highest BCUT2D eigenvalue weighted by molar-refractivity contribution is 6.14. The van der Waals surface area contributed by atoms with Crippen molar-refractivity contribution in [3.05, 3.63) is 88.9 Å². The molecule has 32 heavy (non-hydrogen) atoms. The molecule has 7 heteroatoms. The van der Waals surface area contributed by atoms with Crippen molar-refractivity contribution in [3.8, 4) is 0 Å². The number of allylic oxidation sites excluding steroid dienone is 1. The van der Waals surface area contributed by atoms with Gasteiger partial charge in [-0.2, -0.15) is 0 Å². The number of halogens is 1. The number of carboxylic acids is 1. The fraction of sp³-hybridized carbons (Fsp3) is 0.240. The van der Waals surface area contributed by atoms with Crippen LogP contribution in [0, 0.1) is 5.82 Å². The molecule has 166 valence electrons. The average molecular weight is 437 g/mol. The lowest BCUT2D eigenvalue weighted by atomic mass is 9.95. The summed E-state index contributed by atoms with van der Waals surface area (Å²) in [4.78, 5) is 37.9. The molecule has 0 aliphatic carbocycles. The van der Waals surface area contributed by atoms with Gasteiger partial charge in [0.15, 0.2) is 11.5 Å². The highest BCUT2D eigenvalue weighted by Gasteiger charge is 2.42. The predicted molar refractivity (Wildman–Crippen MR) is 117 cm³/mol. The van der Waals surface area contributed by atoms with Crippen LogP contribution in [0.2, 0.25) is 0 Å². The van der Waals surface area contributed by atoms with Crippen molar-refractivity contribution in [3.63, 3.8) is 0 Å². The number of benzene rings is 2. The number of aliphatic carboxylic acids is 1. The van der Waals surface area contributed by atoms with Gasteiger partial charge in [0.25, 0.3) is 5.91 Å². The van der Waals surface area contributed by atoms with Crippen LogP contribution < -0.4 is 0 Å². The first kappa shape index (κ1) is 22.9. The monoisotopic (exact) mass is 437 g/mol. The molecule has 1 atom stereocenters. The lowest BCUT2D eigenvalue weighted by Crippen LogP contribution is -2.32. The van der Waals surface area contributed by atoms with E-state index in [0.29, 0.717) is 24.8 Å². The third-order valence-corrected chi connectivity index (χ3v) is 5.27. The van der Waals surface area contributed by atoms with E-state index in [0.717, 1.165) is 5.56 Å². The third kappa shape index (κ3) is 5.49. The summed E-state index contributed by atoms with van der Waals surface area (Å²) in [5.41, 5.74) is 1.24. The third-order valence-electron chi connectivity index (χ3n) is 5.27. The molecule has 1 aliphatic heterocycles. The summed E-state index contributed by atoms with van der Waals surface area (Å²) >= 11 is 0. The molecule has 1 heterocycles. The van der Waals surface area contributed by atoms with Gasteiger partial charge in [-0.25, -0.2) is 4.39 Å². The molecule has 0 aromatic heterocycles. The van der Waals surface area contributed by atoms with Crippen molar-refractivity contribution in [2.24, 2.45) is 0 Å². The molecule has 0 spiro atoms. The van der Waals surface area contributed by atoms with Gasteiger partial charge in [0, 0.05) is 13.0 Å². The maximum Gasteiger partial charge on any atom is 0.303 e. The van der Waals surface area contributed by atoms with E-state index in [2.05, 4.69) is 0 Å². The fourth-order valence-corrected chi connectivity index (χ4v) is 3.69. The van der Waals surface area contributed by atoms with E-state index in [-0.39, 0.29) is 18.5 Å². The zero-order valence-corrected chi connectivity index (χ0v) is 17.4. The van der Waals surface area contributed by atoms with E-state index in [4.69, 9.17) is 5.11 Å². The van der Waals surface area contributed by atoms with Crippen molar-refractivity contribution in [2.75, 3.05) is 6.54 Å². The molecule has 0 fully saturated rings. The number of rotatable bonds is 10. The quantitative estimate of drug-likeness (QED) is 0.423. The van der Waals surface area contributed by atoms with Gasteiger partial charge in [-0.15, -0.1) is 0 Å². The average Bonchev–Trinajstić information content (AvgIpc) is 3.03. The Kier molecular flexibility index (Phi) is 7.54. The molecule has 0 saturated carbocycles. The lowest BCUT2D eigenvalue weighted by Gasteiger charge is -2.26. The van der Waals surface area contributed by atoms with E-state index in [1.165, 1.54) is 35.2 Å². The van der Waals surface area contributed by atoms with Gasteiger partial charge in [0.05, 0.1) is 11.6 Å². The van der Waals surface area contributed by atoms with E-state index in [1.54, 1.807) is 6.08 Å². The molecule has 2 aromatic rings. The van der Waals surface area contributed by atoms with Gasteiger partial charge in [-0.1, -0.05) is 55.0 Å². The first-order valence-electron chi connectivity index (χ1n) is 10.4. The topological polar surface area (TPSA) is 94.9 Å². The van der Waals surface area contributed by atoms with Crippen molar-refractivity contribution in [1.29, 1.82) is 0 Å². The van der Waals surface area contributed by atoms with Crippen LogP contribution in [0.25, 0.3) is 6.08 Å². The molecule has 2 N–H and O–H groups in total. The minimum atomic E-state index is -0.885. The van der Waals surface area contributed by atoms with Gasteiger partial charge in [0.1, 0.15) is 5.82 Å². The maximum absolute atomic E-state index is 13.5. The van der Waals surface area contributed by atoms with E-state index < -0.39 is 35.3 Å². The minimum Gasteiger partial charge on any atom is -0.503 e. The summed E-state index contributed by atoms with van der Waals surface area (Å²) in [6.07, 6.45) is 4.48. The molecule has 0 saturated heterocycles. The number of amides is 1. The number of carbonyl (C=O) groups excluding carboxylic acids is 2. The second-order valence-corrected chi connectivity index (χ2v) is 7.53.